The summed E-state index contributed by atoms with van der Waals surface area (Å²) in [7, 11) is 2.10. The molecule has 0 spiro atoms. The zero-order valence-electron chi connectivity index (χ0n) is 9.11. The van der Waals surface area contributed by atoms with E-state index in [0.717, 1.165) is 25.9 Å². The number of hydrogen-bond donors (Lipinski definition) is 2. The molecular weight excluding hydrogens is 188 g/mol. The minimum atomic E-state index is 0.363. The lowest BCUT2D eigenvalue weighted by Gasteiger charge is -2.12. The number of rotatable bonds is 3. The fraction of sp³-hybridized carbons (Fsp3) is 0.500. The van der Waals surface area contributed by atoms with Crippen molar-refractivity contribution in [3.63, 3.8) is 0 Å². The van der Waals surface area contributed by atoms with E-state index < -0.39 is 0 Å². The second-order valence-electron chi connectivity index (χ2n) is 4.25. The van der Waals surface area contributed by atoms with Gasteiger partial charge in [0.2, 0.25) is 0 Å². The van der Waals surface area contributed by atoms with Gasteiger partial charge in [0.15, 0.2) is 0 Å². The predicted octanol–water partition coefficient (Wildman–Crippen LogP) is 1.66. The first-order valence-electron chi connectivity index (χ1n) is 5.46. The zero-order chi connectivity index (χ0) is 10.8. The number of hydrogen-bond acceptors (Lipinski definition) is 3. The van der Waals surface area contributed by atoms with E-state index in [2.05, 4.69) is 11.9 Å². The molecule has 1 heterocycles. The lowest BCUT2D eigenvalue weighted by molar-refractivity contribution is 0.474. The summed E-state index contributed by atoms with van der Waals surface area (Å²) in [5.41, 5.74) is 8.04. The Hall–Kier alpha value is -1.22. The molecule has 82 valence electrons. The summed E-state index contributed by atoms with van der Waals surface area (Å²) in [6.45, 7) is 1.78. The fourth-order valence-electron chi connectivity index (χ4n) is 2.35. The van der Waals surface area contributed by atoms with Gasteiger partial charge in [-0.25, -0.2) is 0 Å². The summed E-state index contributed by atoms with van der Waals surface area (Å²) < 4.78 is 0. The van der Waals surface area contributed by atoms with E-state index in [1.165, 1.54) is 11.3 Å². The Bertz CT molecular complexity index is 351. The van der Waals surface area contributed by atoms with Crippen molar-refractivity contribution in [2.24, 2.45) is 5.73 Å². The van der Waals surface area contributed by atoms with Crippen LogP contribution in [0.25, 0.3) is 0 Å². The monoisotopic (exact) mass is 206 g/mol. The SMILES string of the molecule is CN1CC(CCCN)c2cc(O)ccc21. The minimum absolute atomic E-state index is 0.363. The van der Waals surface area contributed by atoms with Crippen molar-refractivity contribution in [3.05, 3.63) is 23.8 Å². The standard InChI is InChI=1S/C12H18N2O/c1-14-8-9(3-2-6-13)11-7-10(15)4-5-12(11)14/h4-5,7,9,15H,2-3,6,8,13H2,1H3. The van der Waals surface area contributed by atoms with Crippen LogP contribution in [0.2, 0.25) is 0 Å². The molecule has 0 amide bonds. The first-order chi connectivity index (χ1) is 7.22. The average Bonchev–Trinajstić information content (AvgIpc) is 2.52. The van der Waals surface area contributed by atoms with Crippen molar-refractivity contribution < 1.29 is 5.11 Å². The quantitative estimate of drug-likeness (QED) is 0.791. The molecule has 1 aromatic rings. The van der Waals surface area contributed by atoms with E-state index >= 15 is 0 Å². The zero-order valence-corrected chi connectivity index (χ0v) is 9.11. The third-order valence-corrected chi connectivity index (χ3v) is 3.11. The van der Waals surface area contributed by atoms with E-state index in [1.54, 1.807) is 6.07 Å². The Kier molecular flexibility index (Phi) is 2.82. The molecule has 1 atom stereocenters. The third-order valence-electron chi connectivity index (χ3n) is 3.11. The summed E-state index contributed by atoms with van der Waals surface area (Å²) in [4.78, 5) is 2.25. The van der Waals surface area contributed by atoms with Crippen LogP contribution in [0.15, 0.2) is 18.2 Å². The largest absolute Gasteiger partial charge is 0.508 e. The summed E-state index contributed by atoms with van der Waals surface area (Å²) in [5, 5.41) is 9.48. The molecule has 1 unspecified atom stereocenters. The Morgan fingerprint density at radius 1 is 1.53 bits per heavy atom. The Morgan fingerprint density at radius 3 is 3.07 bits per heavy atom. The van der Waals surface area contributed by atoms with Crippen LogP contribution in [0.5, 0.6) is 5.75 Å². The van der Waals surface area contributed by atoms with Crippen LogP contribution in [-0.2, 0) is 0 Å². The maximum Gasteiger partial charge on any atom is 0.116 e. The molecule has 0 aliphatic carbocycles. The lowest BCUT2D eigenvalue weighted by atomic mass is 9.96. The Balaban J connectivity index is 2.23. The highest BCUT2D eigenvalue weighted by Crippen LogP contribution is 2.39. The van der Waals surface area contributed by atoms with Gasteiger partial charge in [-0.3, -0.25) is 0 Å². The molecule has 15 heavy (non-hydrogen) atoms. The molecule has 0 fully saturated rings. The van der Waals surface area contributed by atoms with Gasteiger partial charge in [-0.1, -0.05) is 0 Å². The van der Waals surface area contributed by atoms with Gasteiger partial charge < -0.3 is 15.7 Å². The molecule has 1 aliphatic heterocycles. The first kappa shape index (κ1) is 10.3. The van der Waals surface area contributed by atoms with E-state index in [1.807, 2.05) is 12.1 Å². The van der Waals surface area contributed by atoms with Gasteiger partial charge in [0.1, 0.15) is 5.75 Å². The van der Waals surface area contributed by atoms with Gasteiger partial charge in [-0.15, -0.1) is 0 Å². The van der Waals surface area contributed by atoms with Crippen LogP contribution in [0.4, 0.5) is 5.69 Å². The lowest BCUT2D eigenvalue weighted by Crippen LogP contribution is -2.15. The maximum absolute atomic E-state index is 9.48. The number of likely N-dealkylation sites (N-methyl/N-ethyl adjacent to an activating group) is 1. The molecule has 0 saturated heterocycles. The second kappa shape index (κ2) is 4.11. The number of phenolic OH excluding ortho intramolecular Hbond substituents is 1. The Morgan fingerprint density at radius 2 is 2.33 bits per heavy atom. The summed E-state index contributed by atoms with van der Waals surface area (Å²) >= 11 is 0. The molecule has 0 saturated carbocycles. The van der Waals surface area contributed by atoms with E-state index in [4.69, 9.17) is 5.73 Å². The molecule has 1 aliphatic rings. The molecule has 0 radical (unpaired) electrons. The molecule has 0 aromatic heterocycles. The Labute approximate surface area is 90.5 Å². The predicted molar refractivity (Wildman–Crippen MR) is 62.4 cm³/mol. The number of phenols is 1. The van der Waals surface area contributed by atoms with Gasteiger partial charge in [0, 0.05) is 25.2 Å². The van der Waals surface area contributed by atoms with Crippen LogP contribution < -0.4 is 10.6 Å². The summed E-state index contributed by atoms with van der Waals surface area (Å²) in [5.74, 6) is 0.891. The number of aromatic hydroxyl groups is 1. The number of fused-ring (bicyclic) bond motifs is 1. The second-order valence-corrected chi connectivity index (χ2v) is 4.25. The highest BCUT2D eigenvalue weighted by Gasteiger charge is 2.25. The fourth-order valence-corrected chi connectivity index (χ4v) is 2.35. The molecule has 3 N–H and O–H groups in total. The van der Waals surface area contributed by atoms with E-state index in [0.29, 0.717) is 11.7 Å². The topological polar surface area (TPSA) is 49.5 Å². The van der Waals surface area contributed by atoms with Crippen LogP contribution in [0.3, 0.4) is 0 Å². The van der Waals surface area contributed by atoms with Crippen molar-refractivity contribution in [2.45, 2.75) is 18.8 Å². The summed E-state index contributed by atoms with van der Waals surface area (Å²) in [6, 6.07) is 5.63. The maximum atomic E-state index is 9.48. The molecular formula is C12H18N2O. The van der Waals surface area contributed by atoms with Crippen LogP contribution >= 0.6 is 0 Å². The van der Waals surface area contributed by atoms with Crippen LogP contribution in [-0.4, -0.2) is 25.2 Å². The van der Waals surface area contributed by atoms with Crippen molar-refractivity contribution in [2.75, 3.05) is 25.0 Å². The van der Waals surface area contributed by atoms with Crippen molar-refractivity contribution in [1.82, 2.24) is 0 Å². The number of benzene rings is 1. The van der Waals surface area contributed by atoms with E-state index in [-0.39, 0.29) is 0 Å². The van der Waals surface area contributed by atoms with Gasteiger partial charge >= 0.3 is 0 Å². The number of nitrogens with zero attached hydrogens (tertiary/aromatic N) is 1. The van der Waals surface area contributed by atoms with Crippen molar-refractivity contribution in [3.8, 4) is 5.75 Å². The van der Waals surface area contributed by atoms with Gasteiger partial charge in [0.05, 0.1) is 0 Å². The summed E-state index contributed by atoms with van der Waals surface area (Å²) in [6.07, 6.45) is 2.16. The first-order valence-corrected chi connectivity index (χ1v) is 5.46. The third kappa shape index (κ3) is 1.92. The van der Waals surface area contributed by atoms with Crippen LogP contribution in [0, 0.1) is 0 Å². The van der Waals surface area contributed by atoms with Crippen molar-refractivity contribution in [1.29, 1.82) is 0 Å². The highest BCUT2D eigenvalue weighted by molar-refractivity contribution is 5.61. The van der Waals surface area contributed by atoms with Gasteiger partial charge in [-0.2, -0.15) is 0 Å². The molecule has 2 rings (SSSR count). The van der Waals surface area contributed by atoms with Crippen molar-refractivity contribution >= 4 is 5.69 Å². The molecule has 3 heteroatoms. The number of nitrogens with two attached hydrogens (primary N) is 1. The number of anilines is 1. The normalized spacial score (nSPS) is 19.3. The average molecular weight is 206 g/mol. The van der Waals surface area contributed by atoms with E-state index in [9.17, 15) is 5.11 Å². The minimum Gasteiger partial charge on any atom is -0.508 e. The molecule has 1 aromatic carbocycles. The van der Waals surface area contributed by atoms with Crippen LogP contribution in [0.1, 0.15) is 24.3 Å². The molecule has 3 nitrogen and oxygen atoms in total. The smallest absolute Gasteiger partial charge is 0.116 e. The molecule has 0 bridgehead atoms. The van der Waals surface area contributed by atoms with Gasteiger partial charge in [-0.05, 0) is 43.1 Å². The van der Waals surface area contributed by atoms with Gasteiger partial charge in [0.25, 0.3) is 0 Å². The highest BCUT2D eigenvalue weighted by atomic mass is 16.3.